The van der Waals surface area contributed by atoms with Crippen molar-refractivity contribution in [1.29, 1.82) is 0 Å². The van der Waals surface area contributed by atoms with E-state index < -0.39 is 11.9 Å². The van der Waals surface area contributed by atoms with Crippen molar-refractivity contribution in [2.24, 2.45) is 10.8 Å². The van der Waals surface area contributed by atoms with Crippen molar-refractivity contribution in [2.75, 3.05) is 7.11 Å². The third-order valence-electron chi connectivity index (χ3n) is 6.35. The van der Waals surface area contributed by atoms with E-state index in [0.717, 1.165) is 11.1 Å². The number of hydrogen-bond acceptors (Lipinski definition) is 8. The van der Waals surface area contributed by atoms with Gasteiger partial charge in [-0.2, -0.15) is 0 Å². The number of methoxy groups -OCH3 is 1. The van der Waals surface area contributed by atoms with Crippen LogP contribution >= 0.6 is 0 Å². The molecule has 0 bridgehead atoms. The Morgan fingerprint density at radius 1 is 1.17 bits per heavy atom. The third-order valence-corrected chi connectivity index (χ3v) is 6.35. The van der Waals surface area contributed by atoms with Gasteiger partial charge in [-0.05, 0) is 42.3 Å². The first kappa shape index (κ1) is 22.6. The molecular weight excluding hydrogens is 449 g/mol. The molecule has 2 aromatic heterocycles. The largest absolute Gasteiger partial charge is 0.480 e. The molecule has 9 nitrogen and oxygen atoms in total. The first-order valence-corrected chi connectivity index (χ1v) is 11.1. The van der Waals surface area contributed by atoms with Crippen LogP contribution in [0.3, 0.4) is 0 Å². The number of aromatic nitrogens is 3. The molecule has 1 unspecified atom stereocenters. The Morgan fingerprint density at radius 3 is 2.74 bits per heavy atom. The Bertz CT molecular complexity index is 1330. The number of hydrazine groups is 1. The lowest BCUT2D eigenvalue weighted by Gasteiger charge is -2.41. The van der Waals surface area contributed by atoms with Gasteiger partial charge in [0.25, 0.3) is 5.91 Å². The number of nitrogens with two attached hydrogens (primary N) is 1. The number of halogens is 1. The number of benzene rings is 1. The van der Waals surface area contributed by atoms with Crippen molar-refractivity contribution in [2.45, 2.75) is 32.0 Å². The second-order valence-corrected chi connectivity index (χ2v) is 8.41. The van der Waals surface area contributed by atoms with Crippen LogP contribution in [-0.4, -0.2) is 50.3 Å². The Kier molecular flexibility index (Phi) is 5.96. The molecule has 0 saturated carbocycles. The number of amides is 1. The highest BCUT2D eigenvalue weighted by molar-refractivity contribution is 5.98. The van der Waals surface area contributed by atoms with Crippen molar-refractivity contribution >= 4 is 12.2 Å². The molecule has 2 N–H and O–H groups in total. The van der Waals surface area contributed by atoms with Gasteiger partial charge in [0.1, 0.15) is 12.2 Å². The molecule has 0 fully saturated rings. The summed E-state index contributed by atoms with van der Waals surface area (Å²) in [6.45, 7) is 2.21. The molecule has 10 heteroatoms. The van der Waals surface area contributed by atoms with Crippen LogP contribution in [0.15, 0.2) is 71.4 Å². The lowest BCUT2D eigenvalue weighted by Crippen LogP contribution is -2.49. The van der Waals surface area contributed by atoms with Crippen LogP contribution in [0.5, 0.6) is 5.88 Å². The van der Waals surface area contributed by atoms with E-state index in [4.69, 9.17) is 10.6 Å². The van der Waals surface area contributed by atoms with Gasteiger partial charge in [-0.25, -0.2) is 20.2 Å². The number of carbonyl (C=O) groups is 1. The third kappa shape index (κ3) is 4.24. The van der Waals surface area contributed by atoms with Gasteiger partial charge < -0.3 is 9.64 Å². The van der Waals surface area contributed by atoms with Gasteiger partial charge in [0.05, 0.1) is 48.6 Å². The minimum atomic E-state index is -0.424. The first-order valence-electron chi connectivity index (χ1n) is 11.1. The van der Waals surface area contributed by atoms with Crippen LogP contribution in [-0.2, 0) is 11.3 Å². The second kappa shape index (κ2) is 9.22. The van der Waals surface area contributed by atoms with Crippen LogP contribution in [0.4, 0.5) is 4.39 Å². The first-order chi connectivity index (χ1) is 17.0. The molecule has 1 aromatic carbocycles. The molecule has 35 heavy (non-hydrogen) atoms. The molecule has 0 radical (unpaired) electrons. The standard InChI is InChI=1S/C25H24FN7O2/c1-15-24-20(30-14-33(15)27)10-22(32(25(24)34)13-16-5-7-28-8-6-16)18-4-3-17(26)9-19(18)21-11-29-12-23(31-21)35-2/h3-9,11-12,14-15,22H,10,13,27H2,1-2H3/t15?,22-/m1/s1. The Hall–Kier alpha value is -4.18. The van der Waals surface area contributed by atoms with E-state index in [1.54, 1.807) is 29.6 Å². The highest BCUT2D eigenvalue weighted by Crippen LogP contribution is 2.42. The highest BCUT2D eigenvalue weighted by Gasteiger charge is 2.40. The molecule has 0 aliphatic carbocycles. The summed E-state index contributed by atoms with van der Waals surface area (Å²) in [4.78, 5) is 32.9. The van der Waals surface area contributed by atoms with Crippen molar-refractivity contribution in [3.8, 4) is 17.1 Å². The van der Waals surface area contributed by atoms with Gasteiger partial charge in [0, 0.05) is 30.9 Å². The maximum atomic E-state index is 14.4. The summed E-state index contributed by atoms with van der Waals surface area (Å²) in [5.41, 5.74) is 3.87. The zero-order valence-electron chi connectivity index (χ0n) is 19.3. The summed E-state index contributed by atoms with van der Waals surface area (Å²) < 4.78 is 19.7. The Labute approximate surface area is 201 Å². The second-order valence-electron chi connectivity index (χ2n) is 8.41. The molecule has 3 aromatic rings. The van der Waals surface area contributed by atoms with Crippen molar-refractivity contribution in [1.82, 2.24) is 24.9 Å². The molecule has 1 amide bonds. The molecule has 2 aliphatic heterocycles. The van der Waals surface area contributed by atoms with E-state index in [-0.39, 0.29) is 11.9 Å². The van der Waals surface area contributed by atoms with E-state index in [1.165, 1.54) is 36.8 Å². The van der Waals surface area contributed by atoms with E-state index in [1.807, 2.05) is 19.1 Å². The molecule has 2 aliphatic rings. The molecule has 2 atom stereocenters. The smallest absolute Gasteiger partial charge is 0.254 e. The highest BCUT2D eigenvalue weighted by atomic mass is 19.1. The summed E-state index contributed by atoms with van der Waals surface area (Å²) in [6, 6.07) is 7.47. The number of rotatable bonds is 5. The predicted octanol–water partition coefficient (Wildman–Crippen LogP) is 3.02. The van der Waals surface area contributed by atoms with E-state index in [0.29, 0.717) is 41.4 Å². The maximum absolute atomic E-state index is 14.4. The zero-order chi connectivity index (χ0) is 24.5. The fourth-order valence-corrected chi connectivity index (χ4v) is 4.51. The van der Waals surface area contributed by atoms with Crippen LogP contribution in [0, 0.1) is 5.82 Å². The lowest BCUT2D eigenvalue weighted by molar-refractivity contribution is -0.132. The minimum absolute atomic E-state index is 0.167. The minimum Gasteiger partial charge on any atom is -0.480 e. The number of carbonyl (C=O) groups excluding carboxylic acids is 1. The predicted molar refractivity (Wildman–Crippen MR) is 127 cm³/mol. The van der Waals surface area contributed by atoms with Gasteiger partial charge in [-0.3, -0.25) is 19.8 Å². The topological polar surface area (TPSA) is 110 Å². The van der Waals surface area contributed by atoms with Gasteiger partial charge in [-0.1, -0.05) is 6.07 Å². The van der Waals surface area contributed by atoms with Crippen LogP contribution in [0.2, 0.25) is 0 Å². The molecule has 178 valence electrons. The fraction of sp³-hybridized carbons (Fsp3) is 0.240. The Morgan fingerprint density at radius 2 is 1.97 bits per heavy atom. The summed E-state index contributed by atoms with van der Waals surface area (Å²) in [6.07, 6.45) is 8.39. The van der Waals surface area contributed by atoms with Crippen molar-refractivity contribution in [3.63, 3.8) is 0 Å². The number of pyridine rings is 1. The van der Waals surface area contributed by atoms with Crippen LogP contribution < -0.4 is 10.6 Å². The van der Waals surface area contributed by atoms with Crippen molar-refractivity contribution in [3.05, 3.63) is 83.3 Å². The van der Waals surface area contributed by atoms with Crippen LogP contribution in [0.1, 0.15) is 30.5 Å². The monoisotopic (exact) mass is 473 g/mol. The van der Waals surface area contributed by atoms with Crippen LogP contribution in [0.25, 0.3) is 11.3 Å². The summed E-state index contributed by atoms with van der Waals surface area (Å²) >= 11 is 0. The molecule has 5 rings (SSSR count). The Balaban J connectivity index is 1.65. The fourth-order valence-electron chi connectivity index (χ4n) is 4.51. The normalized spacial score (nSPS) is 19.7. The SMILES string of the molecule is COc1cncc(-c2cc(F)ccc2[C@H]2CC3=C(C(=O)N2Cc2ccncc2)C(C)N(N)C=N3)n1. The average Bonchev–Trinajstić information content (AvgIpc) is 2.88. The van der Waals surface area contributed by atoms with Gasteiger partial charge in [0.15, 0.2) is 0 Å². The summed E-state index contributed by atoms with van der Waals surface area (Å²) in [5.74, 6) is 5.76. The lowest BCUT2D eigenvalue weighted by atomic mass is 9.86. The van der Waals surface area contributed by atoms with E-state index in [9.17, 15) is 9.18 Å². The quantitative estimate of drug-likeness (QED) is 0.567. The molecule has 0 spiro atoms. The maximum Gasteiger partial charge on any atom is 0.254 e. The average molecular weight is 474 g/mol. The number of nitrogens with zero attached hydrogens (tertiary/aromatic N) is 6. The van der Waals surface area contributed by atoms with Gasteiger partial charge in [0.2, 0.25) is 5.88 Å². The zero-order valence-corrected chi connectivity index (χ0v) is 19.3. The summed E-state index contributed by atoms with van der Waals surface area (Å²) in [5, 5.41) is 1.43. The molecule has 0 saturated heterocycles. The summed E-state index contributed by atoms with van der Waals surface area (Å²) in [7, 11) is 1.49. The van der Waals surface area contributed by atoms with E-state index in [2.05, 4.69) is 19.9 Å². The van der Waals surface area contributed by atoms with Crippen molar-refractivity contribution < 1.29 is 13.9 Å². The molecule has 4 heterocycles. The van der Waals surface area contributed by atoms with Gasteiger partial charge in [-0.15, -0.1) is 0 Å². The number of aliphatic imine (C=N–C) groups is 1. The van der Waals surface area contributed by atoms with Gasteiger partial charge >= 0.3 is 0 Å². The molecular formula is C25H24FN7O2. The number of hydrogen-bond donors (Lipinski definition) is 1. The van der Waals surface area contributed by atoms with E-state index >= 15 is 0 Å². The number of ether oxygens (including phenoxy) is 1.